The lowest BCUT2D eigenvalue weighted by Crippen LogP contribution is -2.20. The number of benzene rings is 1. The molecule has 108 valence electrons. The smallest absolute Gasteiger partial charge is 0.333 e. The molecule has 0 radical (unpaired) electrons. The van der Waals surface area contributed by atoms with E-state index in [0.717, 1.165) is 6.42 Å². The van der Waals surface area contributed by atoms with Crippen molar-refractivity contribution in [3.05, 3.63) is 64.4 Å². The maximum absolute atomic E-state index is 12.0. The molecular formula is C17H17NO2S. The standard InChI is InChI=1S/C17H17NO2S/c1-12-5-4-6-13(9-12)15-10-14(15)11-17(19)20-18-8-3-2-7-16(18)21/h2-9,14-15H,10-11H2,1H3/t14-,15-/m1/s1. The second-order valence-corrected chi connectivity index (χ2v) is 5.97. The first kappa shape index (κ1) is 14.0. The number of carbonyl (C=O) groups excluding carboxylic acids is 1. The Morgan fingerprint density at radius 2 is 2.19 bits per heavy atom. The zero-order chi connectivity index (χ0) is 14.8. The molecule has 1 heterocycles. The predicted octanol–water partition coefficient (Wildman–Crippen LogP) is 3.68. The van der Waals surface area contributed by atoms with Crippen molar-refractivity contribution in [3.63, 3.8) is 0 Å². The molecule has 1 fully saturated rings. The van der Waals surface area contributed by atoms with Crippen LogP contribution < -0.4 is 4.84 Å². The minimum absolute atomic E-state index is 0.225. The van der Waals surface area contributed by atoms with E-state index in [4.69, 9.17) is 17.1 Å². The van der Waals surface area contributed by atoms with E-state index < -0.39 is 0 Å². The molecular weight excluding hydrogens is 282 g/mol. The number of carbonyl (C=O) groups is 1. The monoisotopic (exact) mass is 299 g/mol. The molecule has 3 nitrogen and oxygen atoms in total. The molecule has 21 heavy (non-hydrogen) atoms. The van der Waals surface area contributed by atoms with Crippen molar-refractivity contribution in [2.75, 3.05) is 0 Å². The van der Waals surface area contributed by atoms with Gasteiger partial charge in [-0.1, -0.05) is 48.1 Å². The first-order chi connectivity index (χ1) is 10.1. The molecule has 3 rings (SSSR count). The fraction of sp³-hybridized carbons (Fsp3) is 0.294. The van der Waals surface area contributed by atoms with Crippen molar-refractivity contribution in [3.8, 4) is 0 Å². The van der Waals surface area contributed by atoms with Crippen LogP contribution in [-0.2, 0) is 4.79 Å². The normalized spacial score (nSPS) is 20.0. The van der Waals surface area contributed by atoms with Gasteiger partial charge in [0.2, 0.25) is 0 Å². The first-order valence-electron chi connectivity index (χ1n) is 7.09. The molecule has 0 unspecified atom stereocenters. The van der Waals surface area contributed by atoms with E-state index in [1.165, 1.54) is 15.9 Å². The van der Waals surface area contributed by atoms with Crippen LogP contribution in [0.1, 0.15) is 29.9 Å². The summed E-state index contributed by atoms with van der Waals surface area (Å²) in [6.07, 6.45) is 3.15. The summed E-state index contributed by atoms with van der Waals surface area (Å²) >= 11 is 5.10. The summed E-state index contributed by atoms with van der Waals surface area (Å²) < 4.78 is 1.85. The SMILES string of the molecule is Cc1cccc([C@H]2C[C@@H]2CC(=O)On2ccccc2=S)c1. The molecule has 1 saturated carbocycles. The van der Waals surface area contributed by atoms with Crippen LogP contribution in [0.25, 0.3) is 0 Å². The zero-order valence-electron chi connectivity index (χ0n) is 11.9. The summed E-state index contributed by atoms with van der Waals surface area (Å²) in [5.41, 5.74) is 2.58. The van der Waals surface area contributed by atoms with Crippen molar-refractivity contribution >= 4 is 18.2 Å². The lowest BCUT2D eigenvalue weighted by molar-refractivity contribution is -0.144. The highest BCUT2D eigenvalue weighted by Crippen LogP contribution is 2.49. The molecule has 1 aliphatic rings. The van der Waals surface area contributed by atoms with Gasteiger partial charge in [-0.05, 0) is 42.9 Å². The van der Waals surface area contributed by atoms with Gasteiger partial charge in [0.05, 0.1) is 6.42 Å². The van der Waals surface area contributed by atoms with Gasteiger partial charge in [0.25, 0.3) is 0 Å². The third-order valence-electron chi connectivity index (χ3n) is 3.81. The van der Waals surface area contributed by atoms with E-state index in [2.05, 4.69) is 31.2 Å². The molecule has 0 spiro atoms. The van der Waals surface area contributed by atoms with E-state index >= 15 is 0 Å². The minimum Gasteiger partial charge on any atom is -0.336 e. The minimum atomic E-state index is -0.225. The number of hydrogen-bond donors (Lipinski definition) is 0. The van der Waals surface area contributed by atoms with Gasteiger partial charge in [0, 0.05) is 6.20 Å². The van der Waals surface area contributed by atoms with Crippen LogP contribution in [0.5, 0.6) is 0 Å². The maximum Gasteiger partial charge on any atom is 0.333 e. The summed E-state index contributed by atoms with van der Waals surface area (Å²) in [4.78, 5) is 17.2. The molecule has 0 amide bonds. The Hall–Kier alpha value is -1.94. The van der Waals surface area contributed by atoms with Gasteiger partial charge in [-0.2, -0.15) is 4.73 Å². The Kier molecular flexibility index (Phi) is 3.88. The molecule has 2 atom stereocenters. The van der Waals surface area contributed by atoms with E-state index in [0.29, 0.717) is 22.9 Å². The second-order valence-electron chi connectivity index (χ2n) is 5.55. The van der Waals surface area contributed by atoms with Crippen molar-refractivity contribution < 1.29 is 9.63 Å². The third-order valence-corrected chi connectivity index (χ3v) is 4.13. The van der Waals surface area contributed by atoms with Crippen LogP contribution >= 0.6 is 12.2 Å². The number of aryl methyl sites for hydroxylation is 1. The summed E-state index contributed by atoms with van der Waals surface area (Å²) in [5, 5.41) is 0. The van der Waals surface area contributed by atoms with Gasteiger partial charge in [-0.3, -0.25) is 0 Å². The Morgan fingerprint density at radius 3 is 2.95 bits per heavy atom. The quantitative estimate of drug-likeness (QED) is 0.807. The molecule has 1 aromatic carbocycles. The Labute approximate surface area is 129 Å². The zero-order valence-corrected chi connectivity index (χ0v) is 12.7. The largest absolute Gasteiger partial charge is 0.336 e. The van der Waals surface area contributed by atoms with Crippen LogP contribution in [0.15, 0.2) is 48.7 Å². The van der Waals surface area contributed by atoms with Gasteiger partial charge >= 0.3 is 5.97 Å². The number of aromatic nitrogens is 1. The summed E-state index contributed by atoms with van der Waals surface area (Å²) in [7, 11) is 0. The topological polar surface area (TPSA) is 31.2 Å². The average molecular weight is 299 g/mol. The fourth-order valence-corrected chi connectivity index (χ4v) is 2.81. The molecule has 1 aliphatic carbocycles. The Balaban J connectivity index is 1.58. The molecule has 4 heteroatoms. The summed E-state index contributed by atoms with van der Waals surface area (Å²) in [5.74, 6) is 0.649. The number of nitrogens with zero attached hydrogens (tertiary/aromatic N) is 1. The Morgan fingerprint density at radius 1 is 1.33 bits per heavy atom. The molecule has 2 aromatic rings. The van der Waals surface area contributed by atoms with Crippen LogP contribution in [0.2, 0.25) is 0 Å². The second kappa shape index (κ2) is 5.82. The van der Waals surface area contributed by atoms with Gasteiger partial charge in [-0.15, -0.1) is 0 Å². The maximum atomic E-state index is 12.0. The molecule has 0 N–H and O–H groups in total. The van der Waals surface area contributed by atoms with Gasteiger partial charge in [0.15, 0.2) is 0 Å². The molecule has 0 saturated heterocycles. The number of hydrogen-bond acceptors (Lipinski definition) is 3. The van der Waals surface area contributed by atoms with Crippen molar-refractivity contribution in [1.29, 1.82) is 0 Å². The molecule has 0 aliphatic heterocycles. The first-order valence-corrected chi connectivity index (χ1v) is 7.50. The highest BCUT2D eigenvalue weighted by Gasteiger charge is 2.40. The average Bonchev–Trinajstić information content (AvgIpc) is 3.20. The van der Waals surface area contributed by atoms with Crippen LogP contribution in [-0.4, -0.2) is 10.7 Å². The number of pyridine rings is 1. The lowest BCUT2D eigenvalue weighted by atomic mass is 10.1. The van der Waals surface area contributed by atoms with Gasteiger partial charge in [-0.25, -0.2) is 4.79 Å². The predicted molar refractivity (Wildman–Crippen MR) is 83.5 cm³/mol. The van der Waals surface area contributed by atoms with Crippen LogP contribution in [0.4, 0.5) is 0 Å². The molecule has 1 aromatic heterocycles. The van der Waals surface area contributed by atoms with Gasteiger partial charge < -0.3 is 4.84 Å². The molecule has 0 bridgehead atoms. The third kappa shape index (κ3) is 3.39. The lowest BCUT2D eigenvalue weighted by Gasteiger charge is -2.06. The fourth-order valence-electron chi connectivity index (χ4n) is 2.63. The van der Waals surface area contributed by atoms with E-state index in [1.807, 2.05) is 6.07 Å². The number of rotatable bonds is 4. The highest BCUT2D eigenvalue weighted by molar-refractivity contribution is 7.71. The van der Waals surface area contributed by atoms with E-state index in [9.17, 15) is 4.79 Å². The van der Waals surface area contributed by atoms with Crippen molar-refractivity contribution in [2.45, 2.75) is 25.7 Å². The Bertz CT molecular complexity index is 722. The van der Waals surface area contributed by atoms with E-state index in [-0.39, 0.29) is 5.97 Å². The van der Waals surface area contributed by atoms with Crippen LogP contribution in [0.3, 0.4) is 0 Å². The van der Waals surface area contributed by atoms with E-state index in [1.54, 1.807) is 18.3 Å². The van der Waals surface area contributed by atoms with Gasteiger partial charge in [0.1, 0.15) is 4.64 Å². The van der Waals surface area contributed by atoms with Crippen molar-refractivity contribution in [1.82, 2.24) is 4.73 Å². The highest BCUT2D eigenvalue weighted by atomic mass is 32.1. The summed E-state index contributed by atoms with van der Waals surface area (Å²) in [6, 6.07) is 13.8. The van der Waals surface area contributed by atoms with Crippen molar-refractivity contribution in [2.24, 2.45) is 5.92 Å². The summed E-state index contributed by atoms with van der Waals surface area (Å²) in [6.45, 7) is 2.09. The van der Waals surface area contributed by atoms with Crippen LogP contribution in [0, 0.1) is 17.5 Å².